The lowest BCUT2D eigenvalue weighted by molar-refractivity contribution is 0.219. The van der Waals surface area contributed by atoms with Gasteiger partial charge in [0.1, 0.15) is 11.9 Å². The zero-order valence-electron chi connectivity index (χ0n) is 10.5. The van der Waals surface area contributed by atoms with Gasteiger partial charge in [0.15, 0.2) is 0 Å². The van der Waals surface area contributed by atoms with Gasteiger partial charge in [-0.05, 0) is 71.3 Å². The van der Waals surface area contributed by atoms with Crippen LogP contribution < -0.4 is 0 Å². The molecule has 0 heterocycles. The SMILES string of the molecule is Cc1cc(C(O)c2cc(I)ccc2Br)cc(C)c1F. The quantitative estimate of drug-likeness (QED) is 0.667. The Morgan fingerprint density at radius 3 is 2.32 bits per heavy atom. The van der Waals surface area contributed by atoms with Crippen LogP contribution in [-0.4, -0.2) is 5.11 Å². The molecule has 1 N–H and O–H groups in total. The van der Waals surface area contributed by atoms with Crippen LogP contribution in [0.1, 0.15) is 28.4 Å². The summed E-state index contributed by atoms with van der Waals surface area (Å²) in [4.78, 5) is 0. The highest BCUT2D eigenvalue weighted by Crippen LogP contribution is 2.31. The monoisotopic (exact) mass is 434 g/mol. The molecule has 0 fully saturated rings. The Labute approximate surface area is 134 Å². The first-order chi connectivity index (χ1) is 8.90. The Morgan fingerprint density at radius 1 is 1.16 bits per heavy atom. The van der Waals surface area contributed by atoms with E-state index >= 15 is 0 Å². The van der Waals surface area contributed by atoms with Crippen LogP contribution in [0.5, 0.6) is 0 Å². The maximum atomic E-state index is 13.6. The van der Waals surface area contributed by atoms with E-state index in [4.69, 9.17) is 0 Å². The summed E-state index contributed by atoms with van der Waals surface area (Å²) in [6, 6.07) is 9.17. The number of benzene rings is 2. The third kappa shape index (κ3) is 3.17. The summed E-state index contributed by atoms with van der Waals surface area (Å²) in [5.74, 6) is -0.211. The van der Waals surface area contributed by atoms with Crippen LogP contribution in [0.4, 0.5) is 4.39 Å². The number of hydrogen-bond acceptors (Lipinski definition) is 1. The molecule has 1 nitrogen and oxygen atoms in total. The minimum atomic E-state index is -0.762. The van der Waals surface area contributed by atoms with Crippen LogP contribution in [-0.2, 0) is 0 Å². The fourth-order valence-electron chi connectivity index (χ4n) is 2.04. The summed E-state index contributed by atoms with van der Waals surface area (Å²) < 4.78 is 15.5. The van der Waals surface area contributed by atoms with Crippen LogP contribution in [0.3, 0.4) is 0 Å². The van der Waals surface area contributed by atoms with Crippen molar-refractivity contribution in [2.24, 2.45) is 0 Å². The van der Waals surface area contributed by atoms with Gasteiger partial charge in [-0.3, -0.25) is 0 Å². The zero-order chi connectivity index (χ0) is 14.2. The molecule has 0 bridgehead atoms. The van der Waals surface area contributed by atoms with Crippen molar-refractivity contribution in [1.29, 1.82) is 0 Å². The summed E-state index contributed by atoms with van der Waals surface area (Å²) in [5, 5.41) is 10.5. The molecule has 1 atom stereocenters. The van der Waals surface area contributed by atoms with Crippen LogP contribution >= 0.6 is 38.5 Å². The lowest BCUT2D eigenvalue weighted by atomic mass is 9.97. The van der Waals surface area contributed by atoms with Gasteiger partial charge >= 0.3 is 0 Å². The van der Waals surface area contributed by atoms with Crippen molar-refractivity contribution in [3.05, 3.63) is 66.4 Å². The molecule has 0 aliphatic heterocycles. The van der Waals surface area contributed by atoms with E-state index in [-0.39, 0.29) is 5.82 Å². The summed E-state index contributed by atoms with van der Waals surface area (Å²) in [6.45, 7) is 3.42. The topological polar surface area (TPSA) is 20.2 Å². The van der Waals surface area contributed by atoms with Crippen LogP contribution in [0.2, 0.25) is 0 Å². The fourth-order valence-corrected chi connectivity index (χ4v) is 3.02. The Morgan fingerprint density at radius 2 is 1.74 bits per heavy atom. The van der Waals surface area contributed by atoms with E-state index < -0.39 is 6.10 Å². The molecule has 0 aromatic heterocycles. The lowest BCUT2D eigenvalue weighted by Crippen LogP contribution is -2.03. The first kappa shape index (κ1) is 14.9. The number of rotatable bonds is 2. The third-order valence-corrected chi connectivity index (χ3v) is 4.42. The predicted octanol–water partition coefficient (Wildman–Crippen LogP) is 4.89. The van der Waals surface area contributed by atoms with Gasteiger partial charge in [-0.1, -0.05) is 28.1 Å². The van der Waals surface area contributed by atoms with E-state index in [1.54, 1.807) is 26.0 Å². The molecule has 2 aromatic rings. The summed E-state index contributed by atoms with van der Waals surface area (Å²) in [5.41, 5.74) is 2.60. The van der Waals surface area contributed by atoms with Crippen molar-refractivity contribution < 1.29 is 9.50 Å². The number of aryl methyl sites for hydroxylation is 2. The van der Waals surface area contributed by atoms with Crippen molar-refractivity contribution in [1.82, 2.24) is 0 Å². The van der Waals surface area contributed by atoms with Gasteiger partial charge in [0, 0.05) is 13.6 Å². The molecular formula is C15H13BrFIO. The molecule has 0 aliphatic carbocycles. The van der Waals surface area contributed by atoms with Gasteiger partial charge < -0.3 is 5.11 Å². The molecule has 100 valence electrons. The predicted molar refractivity (Wildman–Crippen MR) is 86.8 cm³/mol. The number of halogens is 3. The maximum absolute atomic E-state index is 13.6. The molecule has 2 rings (SSSR count). The minimum absolute atomic E-state index is 0.211. The average molecular weight is 435 g/mol. The molecule has 0 spiro atoms. The van der Waals surface area contributed by atoms with Gasteiger partial charge in [0.05, 0.1) is 0 Å². The third-order valence-electron chi connectivity index (χ3n) is 3.03. The van der Waals surface area contributed by atoms with Gasteiger partial charge in [0.25, 0.3) is 0 Å². The van der Waals surface area contributed by atoms with Gasteiger partial charge in [-0.2, -0.15) is 0 Å². The van der Waals surface area contributed by atoms with Crippen LogP contribution in [0.15, 0.2) is 34.8 Å². The zero-order valence-corrected chi connectivity index (χ0v) is 14.3. The standard InChI is InChI=1S/C15H13BrFIO/c1-8-5-10(6-9(2)14(8)17)15(19)12-7-11(18)3-4-13(12)16/h3-7,15,19H,1-2H3. The summed E-state index contributed by atoms with van der Waals surface area (Å²) in [6.07, 6.45) is -0.762. The molecule has 2 aromatic carbocycles. The van der Waals surface area contributed by atoms with Crippen LogP contribution in [0.25, 0.3) is 0 Å². The second kappa shape index (κ2) is 5.89. The average Bonchev–Trinajstić information content (AvgIpc) is 2.37. The number of aliphatic hydroxyl groups is 1. The molecule has 0 aliphatic rings. The molecule has 0 amide bonds. The minimum Gasteiger partial charge on any atom is -0.384 e. The van der Waals surface area contributed by atoms with E-state index in [2.05, 4.69) is 38.5 Å². The Balaban J connectivity index is 2.49. The fraction of sp³-hybridized carbons (Fsp3) is 0.200. The summed E-state index contributed by atoms with van der Waals surface area (Å²) >= 11 is 5.64. The van der Waals surface area contributed by atoms with E-state index in [0.717, 1.165) is 13.6 Å². The van der Waals surface area contributed by atoms with Gasteiger partial charge in [-0.15, -0.1) is 0 Å². The molecule has 1 unspecified atom stereocenters. The molecule has 0 saturated heterocycles. The Kier molecular flexibility index (Phi) is 4.63. The van der Waals surface area contributed by atoms with E-state index in [9.17, 15) is 9.50 Å². The second-order valence-corrected chi connectivity index (χ2v) is 6.64. The first-order valence-corrected chi connectivity index (χ1v) is 7.67. The van der Waals surface area contributed by atoms with Crippen molar-refractivity contribution >= 4 is 38.5 Å². The lowest BCUT2D eigenvalue weighted by Gasteiger charge is -2.16. The maximum Gasteiger partial charge on any atom is 0.129 e. The molecule has 0 saturated carbocycles. The van der Waals surface area contributed by atoms with Gasteiger partial charge in [-0.25, -0.2) is 4.39 Å². The smallest absolute Gasteiger partial charge is 0.129 e. The molecule has 19 heavy (non-hydrogen) atoms. The largest absolute Gasteiger partial charge is 0.384 e. The van der Waals surface area contributed by atoms with E-state index in [1.807, 2.05) is 18.2 Å². The Bertz CT molecular complexity index is 605. The number of aliphatic hydroxyl groups excluding tert-OH is 1. The van der Waals surface area contributed by atoms with Crippen LogP contribution in [0, 0.1) is 23.2 Å². The normalized spacial score (nSPS) is 12.5. The van der Waals surface area contributed by atoms with E-state index in [0.29, 0.717) is 16.7 Å². The van der Waals surface area contributed by atoms with Crippen molar-refractivity contribution in [2.45, 2.75) is 20.0 Å². The number of hydrogen-bond donors (Lipinski definition) is 1. The second-order valence-electron chi connectivity index (χ2n) is 4.54. The highest BCUT2D eigenvalue weighted by atomic mass is 127. The van der Waals surface area contributed by atoms with E-state index in [1.165, 1.54) is 0 Å². The van der Waals surface area contributed by atoms with Gasteiger partial charge in [0.2, 0.25) is 0 Å². The Hall–Kier alpha value is -0.460. The highest BCUT2D eigenvalue weighted by Gasteiger charge is 2.16. The molecule has 4 heteroatoms. The van der Waals surface area contributed by atoms with Crippen molar-refractivity contribution in [2.75, 3.05) is 0 Å². The first-order valence-electron chi connectivity index (χ1n) is 5.80. The van der Waals surface area contributed by atoms with Crippen molar-refractivity contribution in [3.63, 3.8) is 0 Å². The van der Waals surface area contributed by atoms with Crippen molar-refractivity contribution in [3.8, 4) is 0 Å². The highest BCUT2D eigenvalue weighted by molar-refractivity contribution is 14.1. The molecule has 0 radical (unpaired) electrons. The summed E-state index contributed by atoms with van der Waals surface area (Å²) in [7, 11) is 0. The molecular weight excluding hydrogens is 422 g/mol.